The van der Waals surface area contributed by atoms with Crippen molar-refractivity contribution in [1.82, 2.24) is 14.3 Å². The fourth-order valence-electron chi connectivity index (χ4n) is 4.51. The Balaban J connectivity index is 1.58. The molecular formula is C21H25F3N4O2S. The maximum Gasteiger partial charge on any atom is 0.511 e. The molecule has 1 N–H and O–H groups in total. The zero-order valence-electron chi connectivity index (χ0n) is 17.0. The summed E-state index contributed by atoms with van der Waals surface area (Å²) in [5.41, 5.74) is -1.96. The number of halogens is 3. The highest BCUT2D eigenvalue weighted by Crippen LogP contribution is 2.44. The van der Waals surface area contributed by atoms with Crippen molar-refractivity contribution in [2.75, 3.05) is 11.4 Å². The first-order valence-corrected chi connectivity index (χ1v) is 12.1. The van der Waals surface area contributed by atoms with Gasteiger partial charge in [-0.1, -0.05) is 25.0 Å². The Hall–Kier alpha value is -2.07. The van der Waals surface area contributed by atoms with Crippen molar-refractivity contribution >= 4 is 15.7 Å². The van der Waals surface area contributed by atoms with Crippen molar-refractivity contribution in [3.05, 3.63) is 47.5 Å². The van der Waals surface area contributed by atoms with Crippen LogP contribution in [0.5, 0.6) is 0 Å². The summed E-state index contributed by atoms with van der Waals surface area (Å²) in [6.07, 6.45) is 8.13. The second-order valence-electron chi connectivity index (χ2n) is 8.94. The molecule has 2 aromatic rings. The largest absolute Gasteiger partial charge is 0.511 e. The molecule has 6 nitrogen and oxygen atoms in total. The smallest absolute Gasteiger partial charge is 0.361 e. The summed E-state index contributed by atoms with van der Waals surface area (Å²) in [5.74, 6) is 0.849. The highest BCUT2D eigenvalue weighted by atomic mass is 32.2. The Kier molecular flexibility index (Phi) is 5.04. The van der Waals surface area contributed by atoms with Gasteiger partial charge in [-0.15, -0.1) is 0 Å². The molecule has 10 heteroatoms. The van der Waals surface area contributed by atoms with Crippen LogP contribution in [0, 0.1) is 5.92 Å². The standard InChI is InChI=1S/C21H25F3N4O2S/c22-21(23,24)31(29,30)27-10-17-8-16(15-3-4-15)5-6-20(17)28(11-18-9-25-13-26-18)19(12-27)7-14-1-2-14/h5-6,8-9,13-15,19H,1-4,7,10-12H2,(H,25,26). The first-order chi connectivity index (χ1) is 14.7. The number of fused-ring (bicyclic) bond motifs is 1. The third-order valence-corrected chi connectivity index (χ3v) is 8.04. The number of hydrogen-bond donors (Lipinski definition) is 1. The highest BCUT2D eigenvalue weighted by molar-refractivity contribution is 7.89. The van der Waals surface area contributed by atoms with Gasteiger partial charge in [-0.2, -0.15) is 17.5 Å². The lowest BCUT2D eigenvalue weighted by Crippen LogP contribution is -2.47. The molecule has 1 aromatic carbocycles. The molecule has 0 amide bonds. The normalized spacial score (nSPS) is 22.9. The predicted octanol–water partition coefficient (Wildman–Crippen LogP) is 4.13. The second-order valence-corrected chi connectivity index (χ2v) is 10.9. The third kappa shape index (κ3) is 4.19. The quantitative estimate of drug-likeness (QED) is 0.713. The number of alkyl halides is 3. The molecule has 1 atom stereocenters. The number of aromatic nitrogens is 2. The average molecular weight is 455 g/mol. The molecule has 168 valence electrons. The number of rotatable bonds is 6. The topological polar surface area (TPSA) is 69.3 Å². The summed E-state index contributed by atoms with van der Waals surface area (Å²) in [6.45, 7) is -0.00856. The SMILES string of the molecule is O=S(=O)(N1Cc2cc(C3CC3)ccc2N(Cc2cnc[nH]2)C(CC2CC2)C1)C(F)(F)F. The van der Waals surface area contributed by atoms with Gasteiger partial charge >= 0.3 is 15.5 Å². The summed E-state index contributed by atoms with van der Waals surface area (Å²) in [7, 11) is -5.43. The molecule has 2 fully saturated rings. The van der Waals surface area contributed by atoms with Crippen LogP contribution >= 0.6 is 0 Å². The molecule has 0 bridgehead atoms. The van der Waals surface area contributed by atoms with Crippen LogP contribution in [0.15, 0.2) is 30.7 Å². The summed E-state index contributed by atoms with van der Waals surface area (Å²) in [5, 5.41) is 0. The first-order valence-electron chi connectivity index (χ1n) is 10.7. The number of H-pyrrole nitrogens is 1. The van der Waals surface area contributed by atoms with Crippen molar-refractivity contribution in [2.24, 2.45) is 5.92 Å². The van der Waals surface area contributed by atoms with Crippen molar-refractivity contribution in [2.45, 2.75) is 62.7 Å². The van der Waals surface area contributed by atoms with Gasteiger partial charge in [0.05, 0.1) is 18.6 Å². The van der Waals surface area contributed by atoms with Crippen molar-refractivity contribution in [1.29, 1.82) is 0 Å². The minimum absolute atomic E-state index is 0.181. The highest BCUT2D eigenvalue weighted by Gasteiger charge is 2.51. The lowest BCUT2D eigenvalue weighted by atomic mass is 10.0. The van der Waals surface area contributed by atoms with Gasteiger partial charge in [-0.25, -0.2) is 13.4 Å². The van der Waals surface area contributed by atoms with Crippen molar-refractivity contribution in [3.63, 3.8) is 0 Å². The van der Waals surface area contributed by atoms with E-state index < -0.39 is 15.5 Å². The van der Waals surface area contributed by atoms with E-state index in [0.29, 0.717) is 34.7 Å². The number of imidazole rings is 1. The number of anilines is 1. The van der Waals surface area contributed by atoms with Crippen LogP contribution in [0.1, 0.15) is 54.8 Å². The molecule has 31 heavy (non-hydrogen) atoms. The van der Waals surface area contributed by atoms with Gasteiger partial charge in [0.2, 0.25) is 0 Å². The Morgan fingerprint density at radius 1 is 1.16 bits per heavy atom. The second kappa shape index (κ2) is 7.51. The van der Waals surface area contributed by atoms with E-state index >= 15 is 0 Å². The molecule has 2 heterocycles. The molecule has 0 spiro atoms. The van der Waals surface area contributed by atoms with E-state index in [9.17, 15) is 21.6 Å². The van der Waals surface area contributed by atoms with E-state index in [0.717, 1.165) is 42.6 Å². The van der Waals surface area contributed by atoms with Crippen LogP contribution in [0.4, 0.5) is 18.9 Å². The van der Waals surface area contributed by atoms with Crippen LogP contribution in [0.25, 0.3) is 0 Å². The van der Waals surface area contributed by atoms with Gasteiger partial charge in [-0.05, 0) is 48.3 Å². The first kappa shape index (κ1) is 20.8. The molecular weight excluding hydrogens is 429 g/mol. The van der Waals surface area contributed by atoms with Gasteiger partial charge in [-0.3, -0.25) is 0 Å². The maximum absolute atomic E-state index is 13.5. The van der Waals surface area contributed by atoms with Crippen LogP contribution in [0.2, 0.25) is 0 Å². The molecule has 2 aliphatic carbocycles. The van der Waals surface area contributed by atoms with E-state index in [1.165, 1.54) is 0 Å². The van der Waals surface area contributed by atoms with Crippen LogP contribution < -0.4 is 4.90 Å². The van der Waals surface area contributed by atoms with Gasteiger partial charge in [0.15, 0.2) is 0 Å². The number of nitrogens with zero attached hydrogens (tertiary/aromatic N) is 3. The van der Waals surface area contributed by atoms with E-state index in [2.05, 4.69) is 14.9 Å². The minimum atomic E-state index is -5.43. The van der Waals surface area contributed by atoms with E-state index in [4.69, 9.17) is 0 Å². The number of nitrogens with one attached hydrogen (secondary N) is 1. The summed E-state index contributed by atoms with van der Waals surface area (Å²) in [4.78, 5) is 9.20. The molecule has 0 saturated heterocycles. The van der Waals surface area contributed by atoms with Crippen molar-refractivity contribution in [3.8, 4) is 0 Å². The minimum Gasteiger partial charge on any atom is -0.361 e. The zero-order valence-corrected chi connectivity index (χ0v) is 17.8. The van der Waals surface area contributed by atoms with Crippen LogP contribution in [-0.2, 0) is 23.1 Å². The Labute approximate surface area is 179 Å². The maximum atomic E-state index is 13.5. The number of benzene rings is 1. The van der Waals surface area contributed by atoms with E-state index in [1.807, 2.05) is 18.2 Å². The molecule has 5 rings (SSSR count). The zero-order chi connectivity index (χ0) is 21.8. The fourth-order valence-corrected chi connectivity index (χ4v) is 5.48. The molecule has 1 unspecified atom stereocenters. The van der Waals surface area contributed by atoms with Gasteiger partial charge in [0.1, 0.15) is 0 Å². The molecule has 1 aromatic heterocycles. The summed E-state index contributed by atoms with van der Waals surface area (Å²) >= 11 is 0. The lowest BCUT2D eigenvalue weighted by Gasteiger charge is -2.34. The van der Waals surface area contributed by atoms with Crippen LogP contribution in [-0.4, -0.2) is 40.8 Å². The number of aromatic amines is 1. The Morgan fingerprint density at radius 2 is 1.94 bits per heavy atom. The molecule has 1 aliphatic heterocycles. The molecule has 0 radical (unpaired) electrons. The Morgan fingerprint density at radius 3 is 2.55 bits per heavy atom. The van der Waals surface area contributed by atoms with Crippen LogP contribution in [0.3, 0.4) is 0 Å². The molecule has 3 aliphatic rings. The Bertz CT molecular complexity index is 1050. The monoisotopic (exact) mass is 454 g/mol. The molecule has 2 saturated carbocycles. The average Bonchev–Trinajstić information content (AvgIpc) is 3.63. The summed E-state index contributed by atoms with van der Waals surface area (Å²) in [6, 6.07) is 5.56. The predicted molar refractivity (Wildman–Crippen MR) is 110 cm³/mol. The number of sulfonamides is 1. The number of hydrogen-bond acceptors (Lipinski definition) is 4. The van der Waals surface area contributed by atoms with Gasteiger partial charge in [0, 0.05) is 31.0 Å². The van der Waals surface area contributed by atoms with Gasteiger partial charge in [0.25, 0.3) is 0 Å². The van der Waals surface area contributed by atoms with E-state index in [-0.39, 0.29) is 19.1 Å². The van der Waals surface area contributed by atoms with E-state index in [1.54, 1.807) is 12.5 Å². The van der Waals surface area contributed by atoms with Crippen molar-refractivity contribution < 1.29 is 21.6 Å². The fraction of sp³-hybridized carbons (Fsp3) is 0.571. The summed E-state index contributed by atoms with van der Waals surface area (Å²) < 4.78 is 66.0. The third-order valence-electron chi connectivity index (χ3n) is 6.49. The van der Waals surface area contributed by atoms with Gasteiger partial charge < -0.3 is 9.88 Å². The lowest BCUT2D eigenvalue weighted by molar-refractivity contribution is -0.0492.